The summed E-state index contributed by atoms with van der Waals surface area (Å²) >= 11 is 4.26. The molecule has 0 spiro atoms. The zero-order valence-corrected chi connectivity index (χ0v) is 13.1. The van der Waals surface area contributed by atoms with Crippen LogP contribution >= 0.6 is 28.0 Å². The first-order valence-electron chi connectivity index (χ1n) is 5.89. The number of hydrogen-bond acceptors (Lipinski definition) is 5. The minimum absolute atomic E-state index is 0.252. The van der Waals surface area contributed by atoms with Gasteiger partial charge in [-0.25, -0.2) is 0 Å². The Morgan fingerprint density at radius 2 is 1.84 bits per heavy atom. The highest BCUT2D eigenvalue weighted by Gasteiger charge is 2.28. The predicted octanol–water partition coefficient (Wildman–Crippen LogP) is 3.59. The van der Waals surface area contributed by atoms with Crippen LogP contribution in [0.5, 0.6) is 0 Å². The Morgan fingerprint density at radius 1 is 1.21 bits per heavy atom. The maximum Gasteiger partial charge on any atom is 0.332 e. The molecule has 0 bridgehead atoms. The maximum absolute atomic E-state index is 11.8. The summed E-state index contributed by atoms with van der Waals surface area (Å²) in [5, 5.41) is 0. The summed E-state index contributed by atoms with van der Waals surface area (Å²) in [5.41, 5.74) is 0. The lowest BCUT2D eigenvalue weighted by Gasteiger charge is -2.11. The van der Waals surface area contributed by atoms with Crippen molar-refractivity contribution in [3.63, 3.8) is 0 Å². The average molecular weight is 347 g/mol. The molecule has 104 valence electrons. The van der Waals surface area contributed by atoms with Gasteiger partial charge in [-0.05, 0) is 37.6 Å². The average Bonchev–Trinajstić information content (AvgIpc) is 2.39. The minimum Gasteiger partial charge on any atom is -0.465 e. The van der Waals surface area contributed by atoms with Crippen molar-refractivity contribution < 1.29 is 18.5 Å². The molecule has 0 amide bonds. The minimum atomic E-state index is -0.858. The van der Waals surface area contributed by atoms with Crippen molar-refractivity contribution in [2.45, 2.75) is 25.2 Å². The second kappa shape index (κ2) is 8.22. The van der Waals surface area contributed by atoms with E-state index >= 15 is 0 Å². The Bertz CT molecular complexity index is 433. The summed E-state index contributed by atoms with van der Waals surface area (Å²) in [6.45, 7) is 3.70. The van der Waals surface area contributed by atoms with Crippen LogP contribution < -0.4 is 0 Å². The van der Waals surface area contributed by atoms with E-state index in [4.69, 9.17) is 8.92 Å². The molecule has 1 unspecified atom stereocenters. The molecular weight excluding hydrogens is 332 g/mol. The number of rotatable bonds is 6. The molecule has 1 rings (SSSR count). The van der Waals surface area contributed by atoms with E-state index in [-0.39, 0.29) is 6.61 Å². The maximum atomic E-state index is 11.8. The van der Waals surface area contributed by atoms with Crippen LogP contribution in [0.1, 0.15) is 20.3 Å². The lowest BCUT2D eigenvalue weighted by Crippen LogP contribution is -2.26. The van der Waals surface area contributed by atoms with Crippen LogP contribution in [-0.4, -0.2) is 18.5 Å². The number of esters is 1. The zero-order chi connectivity index (χ0) is 14.3. The Kier molecular flexibility index (Phi) is 6.94. The van der Waals surface area contributed by atoms with Gasteiger partial charge in [-0.3, -0.25) is 9.59 Å². The van der Waals surface area contributed by atoms with Crippen LogP contribution in [0.3, 0.4) is 0 Å². The molecule has 0 N–H and O–H groups in total. The third-order valence-electron chi connectivity index (χ3n) is 2.30. The molecule has 1 atom stereocenters. The Labute approximate surface area is 125 Å². The SMILES string of the molecule is CCOC(=O)C(CC)C(=O)OSc1ccc(Br)cc1. The lowest BCUT2D eigenvalue weighted by atomic mass is 10.1. The molecule has 0 saturated heterocycles. The molecule has 0 aliphatic carbocycles. The molecule has 0 aliphatic rings. The van der Waals surface area contributed by atoms with Crippen LogP contribution in [0, 0.1) is 5.92 Å². The first kappa shape index (κ1) is 16.0. The van der Waals surface area contributed by atoms with Gasteiger partial charge < -0.3 is 8.92 Å². The van der Waals surface area contributed by atoms with E-state index in [1.807, 2.05) is 24.3 Å². The Balaban J connectivity index is 2.53. The third-order valence-corrected chi connectivity index (χ3v) is 3.54. The van der Waals surface area contributed by atoms with Crippen molar-refractivity contribution in [1.29, 1.82) is 0 Å². The molecule has 6 heteroatoms. The molecule has 0 aromatic heterocycles. The fraction of sp³-hybridized carbons (Fsp3) is 0.385. The van der Waals surface area contributed by atoms with E-state index in [0.717, 1.165) is 21.4 Å². The van der Waals surface area contributed by atoms with Gasteiger partial charge in [0, 0.05) is 9.37 Å². The first-order valence-corrected chi connectivity index (χ1v) is 7.42. The van der Waals surface area contributed by atoms with Gasteiger partial charge in [0.1, 0.15) is 0 Å². The number of carbonyl (C=O) groups is 2. The van der Waals surface area contributed by atoms with Crippen molar-refractivity contribution in [1.82, 2.24) is 0 Å². The summed E-state index contributed by atoms with van der Waals surface area (Å²) in [5.74, 6) is -1.97. The molecule has 0 heterocycles. The first-order chi connectivity index (χ1) is 9.08. The molecular formula is C13H15BrO4S. The van der Waals surface area contributed by atoms with E-state index in [1.165, 1.54) is 0 Å². The quantitative estimate of drug-likeness (QED) is 0.447. The molecule has 1 aromatic carbocycles. The molecule has 0 fully saturated rings. The molecule has 1 aromatic rings. The highest BCUT2D eigenvalue weighted by atomic mass is 79.9. The van der Waals surface area contributed by atoms with Crippen molar-refractivity contribution in [3.8, 4) is 0 Å². The van der Waals surface area contributed by atoms with E-state index in [1.54, 1.807) is 13.8 Å². The smallest absolute Gasteiger partial charge is 0.332 e. The number of carbonyl (C=O) groups excluding carboxylic acids is 2. The number of benzene rings is 1. The van der Waals surface area contributed by atoms with E-state index < -0.39 is 17.9 Å². The molecule has 4 nitrogen and oxygen atoms in total. The standard InChI is InChI=1S/C13H15BrO4S/c1-3-11(12(15)17-4-2)13(16)18-19-10-7-5-9(14)6-8-10/h5-8,11H,3-4H2,1-2H3. The van der Waals surface area contributed by atoms with Crippen LogP contribution in [0.2, 0.25) is 0 Å². The molecule has 19 heavy (non-hydrogen) atoms. The fourth-order valence-corrected chi connectivity index (χ4v) is 2.12. The monoisotopic (exact) mass is 346 g/mol. The largest absolute Gasteiger partial charge is 0.465 e. The fourth-order valence-electron chi connectivity index (χ4n) is 1.31. The summed E-state index contributed by atoms with van der Waals surface area (Å²) in [4.78, 5) is 24.1. The van der Waals surface area contributed by atoms with Crippen molar-refractivity contribution in [2.24, 2.45) is 5.92 Å². The van der Waals surface area contributed by atoms with E-state index in [9.17, 15) is 9.59 Å². The number of halogens is 1. The predicted molar refractivity (Wildman–Crippen MR) is 76.5 cm³/mol. The third kappa shape index (κ3) is 5.24. The zero-order valence-electron chi connectivity index (χ0n) is 10.7. The second-order valence-corrected chi connectivity index (χ2v) is 5.37. The Hall–Kier alpha value is -1.01. The van der Waals surface area contributed by atoms with Gasteiger partial charge in [-0.15, -0.1) is 0 Å². The van der Waals surface area contributed by atoms with Crippen molar-refractivity contribution >= 4 is 39.9 Å². The van der Waals surface area contributed by atoms with Gasteiger partial charge >= 0.3 is 11.9 Å². The topological polar surface area (TPSA) is 52.6 Å². The van der Waals surface area contributed by atoms with Crippen LogP contribution in [0.25, 0.3) is 0 Å². The van der Waals surface area contributed by atoms with Gasteiger partial charge in [0.25, 0.3) is 0 Å². The number of hydrogen-bond donors (Lipinski definition) is 0. The van der Waals surface area contributed by atoms with Crippen molar-refractivity contribution in [3.05, 3.63) is 28.7 Å². The van der Waals surface area contributed by atoms with Gasteiger partial charge in [0.15, 0.2) is 5.92 Å². The van der Waals surface area contributed by atoms with Gasteiger partial charge in [0.2, 0.25) is 0 Å². The van der Waals surface area contributed by atoms with E-state index in [0.29, 0.717) is 6.42 Å². The molecule has 0 saturated carbocycles. The summed E-state index contributed by atoms with van der Waals surface area (Å²) in [6, 6.07) is 7.32. The summed E-state index contributed by atoms with van der Waals surface area (Å²) in [6.07, 6.45) is 0.360. The van der Waals surface area contributed by atoms with Gasteiger partial charge in [0.05, 0.1) is 18.6 Å². The van der Waals surface area contributed by atoms with Gasteiger partial charge in [-0.2, -0.15) is 0 Å². The van der Waals surface area contributed by atoms with Crippen LogP contribution in [0.15, 0.2) is 33.6 Å². The molecule has 0 aliphatic heterocycles. The van der Waals surface area contributed by atoms with Gasteiger partial charge in [-0.1, -0.05) is 22.9 Å². The highest BCUT2D eigenvalue weighted by molar-refractivity contribution is 9.10. The lowest BCUT2D eigenvalue weighted by molar-refractivity contribution is -0.156. The Morgan fingerprint density at radius 3 is 2.37 bits per heavy atom. The van der Waals surface area contributed by atoms with Crippen LogP contribution in [0.4, 0.5) is 0 Å². The normalized spacial score (nSPS) is 11.7. The molecule has 0 radical (unpaired) electrons. The summed E-state index contributed by atoms with van der Waals surface area (Å²) < 4.78 is 10.8. The van der Waals surface area contributed by atoms with Crippen molar-refractivity contribution in [2.75, 3.05) is 6.61 Å². The highest BCUT2D eigenvalue weighted by Crippen LogP contribution is 2.23. The second-order valence-electron chi connectivity index (χ2n) is 3.65. The van der Waals surface area contributed by atoms with Crippen LogP contribution in [-0.2, 0) is 18.5 Å². The van der Waals surface area contributed by atoms with E-state index in [2.05, 4.69) is 15.9 Å². The number of ether oxygens (including phenoxy) is 1. The summed E-state index contributed by atoms with van der Waals surface area (Å²) in [7, 11) is 0.